The number of likely N-dealkylation sites (tertiary alicyclic amines) is 1. The zero-order valence-corrected chi connectivity index (χ0v) is 6.26. The van der Waals surface area contributed by atoms with Crippen LogP contribution in [0.15, 0.2) is 0 Å². The summed E-state index contributed by atoms with van der Waals surface area (Å²) in [6.07, 6.45) is 1.95. The summed E-state index contributed by atoms with van der Waals surface area (Å²) in [5.74, 6) is -0.630. The molecule has 0 aromatic rings. The predicted octanol–water partition coefficient (Wildman–Crippen LogP) is -0.862. The number of carboxylic acid groups (broad SMARTS) is 1. The van der Waals surface area contributed by atoms with Gasteiger partial charge in [0.15, 0.2) is 6.04 Å². The average Bonchev–Trinajstić information content (AvgIpc) is 1.78. The van der Waals surface area contributed by atoms with Gasteiger partial charge in [-0.25, -0.2) is 4.79 Å². The number of nitrogens with one attached hydrogen (secondary N) is 1. The molecule has 3 nitrogen and oxygen atoms in total. The van der Waals surface area contributed by atoms with Crippen LogP contribution >= 0.6 is 0 Å². The summed E-state index contributed by atoms with van der Waals surface area (Å²) in [6, 6.07) is -0.0973. The highest BCUT2D eigenvalue weighted by molar-refractivity contribution is 5.72. The summed E-state index contributed by atoms with van der Waals surface area (Å²) >= 11 is 0. The van der Waals surface area contributed by atoms with Crippen molar-refractivity contribution in [2.24, 2.45) is 0 Å². The largest absolute Gasteiger partial charge is 0.477 e. The topological polar surface area (TPSA) is 41.7 Å². The Morgan fingerprint density at radius 3 is 2.80 bits per heavy atom. The number of carboxylic acids is 1. The molecular weight excluding hydrogens is 130 g/mol. The Bertz CT molecular complexity index is 136. The van der Waals surface area contributed by atoms with Gasteiger partial charge in [-0.15, -0.1) is 0 Å². The number of hydrogen-bond acceptors (Lipinski definition) is 1. The van der Waals surface area contributed by atoms with Crippen LogP contribution in [0.2, 0.25) is 0 Å². The molecule has 1 heterocycles. The lowest BCUT2D eigenvalue weighted by molar-refractivity contribution is -0.957. The van der Waals surface area contributed by atoms with Gasteiger partial charge in [0, 0.05) is 0 Å². The molecule has 2 atom stereocenters. The van der Waals surface area contributed by atoms with Gasteiger partial charge in [0.25, 0.3) is 0 Å². The number of hydrogen-bond donors (Lipinski definition) is 2. The molecule has 1 aliphatic rings. The van der Waals surface area contributed by atoms with Crippen molar-refractivity contribution in [3.8, 4) is 0 Å². The van der Waals surface area contributed by atoms with Gasteiger partial charge in [0.2, 0.25) is 0 Å². The van der Waals surface area contributed by atoms with Crippen LogP contribution in [0.4, 0.5) is 0 Å². The number of carbonyl (C=O) groups is 1. The van der Waals surface area contributed by atoms with Gasteiger partial charge in [-0.1, -0.05) is 6.92 Å². The van der Waals surface area contributed by atoms with E-state index in [2.05, 4.69) is 6.92 Å². The summed E-state index contributed by atoms with van der Waals surface area (Å²) in [5, 5.41) is 8.61. The Morgan fingerprint density at radius 2 is 2.50 bits per heavy atom. The molecule has 3 heteroatoms. The van der Waals surface area contributed by atoms with Gasteiger partial charge in [0.1, 0.15) is 0 Å². The maximum absolute atomic E-state index is 10.4. The SMILES string of the molecule is CCC[NH+]1CCC1C(=O)O. The van der Waals surface area contributed by atoms with E-state index in [1.165, 1.54) is 4.90 Å². The lowest BCUT2D eigenvalue weighted by atomic mass is 10.0. The van der Waals surface area contributed by atoms with E-state index in [9.17, 15) is 4.79 Å². The van der Waals surface area contributed by atoms with Gasteiger partial charge >= 0.3 is 5.97 Å². The average molecular weight is 144 g/mol. The van der Waals surface area contributed by atoms with Crippen molar-refractivity contribution in [2.45, 2.75) is 25.8 Å². The first kappa shape index (κ1) is 7.54. The quantitative estimate of drug-likeness (QED) is 0.541. The highest BCUT2D eigenvalue weighted by Gasteiger charge is 2.37. The molecule has 0 saturated carbocycles. The number of aliphatic carboxylic acids is 1. The highest BCUT2D eigenvalue weighted by atomic mass is 16.4. The van der Waals surface area contributed by atoms with Crippen LogP contribution in [0.1, 0.15) is 19.8 Å². The Labute approximate surface area is 60.6 Å². The summed E-state index contributed by atoms with van der Waals surface area (Å²) < 4.78 is 0. The first-order chi connectivity index (χ1) is 4.75. The molecule has 10 heavy (non-hydrogen) atoms. The minimum atomic E-state index is -0.630. The first-order valence-corrected chi connectivity index (χ1v) is 3.83. The monoisotopic (exact) mass is 144 g/mol. The summed E-state index contributed by atoms with van der Waals surface area (Å²) in [7, 11) is 0. The molecule has 1 aliphatic heterocycles. The second-order valence-corrected chi connectivity index (χ2v) is 2.84. The van der Waals surface area contributed by atoms with E-state index >= 15 is 0 Å². The fourth-order valence-electron chi connectivity index (χ4n) is 1.41. The van der Waals surface area contributed by atoms with Crippen molar-refractivity contribution in [2.75, 3.05) is 13.1 Å². The molecule has 2 N–H and O–H groups in total. The van der Waals surface area contributed by atoms with Crippen LogP contribution in [-0.2, 0) is 4.79 Å². The van der Waals surface area contributed by atoms with Crippen molar-refractivity contribution in [1.29, 1.82) is 0 Å². The third kappa shape index (κ3) is 1.29. The zero-order chi connectivity index (χ0) is 7.56. The van der Waals surface area contributed by atoms with Gasteiger partial charge in [-0.3, -0.25) is 0 Å². The minimum absolute atomic E-state index is 0.0973. The van der Waals surface area contributed by atoms with Crippen LogP contribution in [0, 0.1) is 0 Å². The van der Waals surface area contributed by atoms with Crippen LogP contribution in [0.3, 0.4) is 0 Å². The fraction of sp³-hybridized carbons (Fsp3) is 0.857. The minimum Gasteiger partial charge on any atom is -0.477 e. The van der Waals surface area contributed by atoms with Gasteiger partial charge in [-0.05, 0) is 6.42 Å². The van der Waals surface area contributed by atoms with Crippen LogP contribution in [0.25, 0.3) is 0 Å². The molecule has 58 valence electrons. The summed E-state index contributed by atoms with van der Waals surface area (Å²) in [5.41, 5.74) is 0. The van der Waals surface area contributed by atoms with Gasteiger partial charge in [0.05, 0.1) is 19.5 Å². The second kappa shape index (κ2) is 3.01. The molecule has 1 saturated heterocycles. The van der Waals surface area contributed by atoms with E-state index in [4.69, 9.17) is 5.11 Å². The van der Waals surface area contributed by atoms with E-state index in [0.717, 1.165) is 25.9 Å². The van der Waals surface area contributed by atoms with Crippen LogP contribution in [0.5, 0.6) is 0 Å². The van der Waals surface area contributed by atoms with Gasteiger partial charge in [-0.2, -0.15) is 0 Å². The summed E-state index contributed by atoms with van der Waals surface area (Å²) in [4.78, 5) is 11.7. The Hall–Kier alpha value is -0.570. The molecule has 2 unspecified atom stereocenters. The van der Waals surface area contributed by atoms with Gasteiger partial charge < -0.3 is 10.0 Å². The highest BCUT2D eigenvalue weighted by Crippen LogP contribution is 1.94. The maximum atomic E-state index is 10.4. The molecule has 0 radical (unpaired) electrons. The normalized spacial score (nSPS) is 31.3. The lowest BCUT2D eigenvalue weighted by Gasteiger charge is -2.33. The van der Waals surface area contributed by atoms with E-state index in [0.29, 0.717) is 0 Å². The Balaban J connectivity index is 2.28. The third-order valence-corrected chi connectivity index (χ3v) is 2.12. The van der Waals surface area contributed by atoms with E-state index < -0.39 is 5.97 Å². The molecule has 1 fully saturated rings. The zero-order valence-electron chi connectivity index (χ0n) is 6.26. The van der Waals surface area contributed by atoms with E-state index in [1.807, 2.05) is 0 Å². The van der Waals surface area contributed by atoms with Crippen molar-refractivity contribution < 1.29 is 14.8 Å². The Morgan fingerprint density at radius 1 is 1.80 bits per heavy atom. The Kier molecular flexibility index (Phi) is 2.27. The van der Waals surface area contributed by atoms with E-state index in [1.54, 1.807) is 0 Å². The smallest absolute Gasteiger partial charge is 0.362 e. The van der Waals surface area contributed by atoms with E-state index in [-0.39, 0.29) is 6.04 Å². The van der Waals surface area contributed by atoms with Crippen LogP contribution < -0.4 is 4.90 Å². The standard InChI is InChI=1S/C7H13NO2/c1-2-4-8-5-3-6(8)7(9)10/h6H,2-5H2,1H3,(H,9,10)/p+1. The predicted molar refractivity (Wildman–Crippen MR) is 37.0 cm³/mol. The van der Waals surface area contributed by atoms with Crippen LogP contribution in [-0.4, -0.2) is 30.2 Å². The molecule has 1 rings (SSSR count). The fourth-order valence-corrected chi connectivity index (χ4v) is 1.41. The van der Waals surface area contributed by atoms with Crippen molar-refractivity contribution in [3.63, 3.8) is 0 Å². The van der Waals surface area contributed by atoms with Crippen molar-refractivity contribution in [3.05, 3.63) is 0 Å². The molecule has 0 aliphatic carbocycles. The van der Waals surface area contributed by atoms with Crippen molar-refractivity contribution >= 4 is 5.97 Å². The number of quaternary nitrogens is 1. The summed E-state index contributed by atoms with van der Waals surface area (Å²) in [6.45, 7) is 4.14. The lowest BCUT2D eigenvalue weighted by Crippen LogP contribution is -3.23. The molecule has 0 aromatic carbocycles. The second-order valence-electron chi connectivity index (χ2n) is 2.84. The van der Waals surface area contributed by atoms with Crippen molar-refractivity contribution in [1.82, 2.24) is 0 Å². The first-order valence-electron chi connectivity index (χ1n) is 3.83. The molecule has 0 aromatic heterocycles. The number of rotatable bonds is 3. The molecule has 0 spiro atoms. The third-order valence-electron chi connectivity index (χ3n) is 2.12. The maximum Gasteiger partial charge on any atom is 0.362 e. The molecule has 0 amide bonds. The molecular formula is C7H14NO2+. The molecule has 0 bridgehead atoms.